The molecule has 0 amide bonds. The van der Waals surface area contributed by atoms with Crippen molar-refractivity contribution in [1.29, 1.82) is 0 Å². The summed E-state index contributed by atoms with van der Waals surface area (Å²) in [6.45, 7) is 3.47. The third-order valence-corrected chi connectivity index (χ3v) is 11.5. The number of carbonyl (C=O) groups is 2. The van der Waals surface area contributed by atoms with Crippen molar-refractivity contribution in [2.45, 2.75) is 269 Å². The van der Waals surface area contributed by atoms with Crippen LogP contribution in [0, 0.1) is 0 Å². The Morgan fingerprint density at radius 2 is 0.825 bits per heavy atom. The van der Waals surface area contributed by atoms with Crippen LogP contribution in [-0.2, 0) is 28.5 Å². The van der Waals surface area contributed by atoms with Gasteiger partial charge in [0.05, 0.1) is 13.2 Å². The molecule has 0 aromatic carbocycles. The van der Waals surface area contributed by atoms with Crippen LogP contribution in [0.2, 0.25) is 0 Å². The minimum atomic E-state index is -1.59. The zero-order valence-corrected chi connectivity index (χ0v) is 36.9. The summed E-state index contributed by atoms with van der Waals surface area (Å²) in [5, 5.41) is 40.1. The van der Waals surface area contributed by atoms with Crippen molar-refractivity contribution in [2.24, 2.45) is 0 Å². The van der Waals surface area contributed by atoms with Gasteiger partial charge in [-0.2, -0.15) is 0 Å². The summed E-state index contributed by atoms with van der Waals surface area (Å²) in [6, 6.07) is 0. The van der Waals surface area contributed by atoms with Crippen molar-refractivity contribution >= 4 is 11.9 Å². The van der Waals surface area contributed by atoms with Gasteiger partial charge in [-0.05, 0) is 12.8 Å². The SMILES string of the molecule is CCCCCCCCCCCCCCCCCCC(=O)OC[C@@H](CO[C@H]1O[C@@H](CO)[C@@H](O)C(O)C1O)OC(=O)CCCCCCCCCCCCCCCCCC. The predicted molar refractivity (Wildman–Crippen MR) is 229 cm³/mol. The molecule has 0 bridgehead atoms. The van der Waals surface area contributed by atoms with E-state index in [0.29, 0.717) is 6.42 Å². The number of unbranched alkanes of at least 4 members (excludes halogenated alkanes) is 30. The number of hydrogen-bond acceptors (Lipinski definition) is 10. The summed E-state index contributed by atoms with van der Waals surface area (Å²) < 4.78 is 22.2. The van der Waals surface area contributed by atoms with Gasteiger partial charge in [0.15, 0.2) is 12.4 Å². The molecule has 0 aromatic rings. The lowest BCUT2D eigenvalue weighted by atomic mass is 9.99. The Morgan fingerprint density at radius 3 is 1.19 bits per heavy atom. The highest BCUT2D eigenvalue weighted by Gasteiger charge is 2.44. The fourth-order valence-corrected chi connectivity index (χ4v) is 7.66. The van der Waals surface area contributed by atoms with Crippen LogP contribution in [0.1, 0.15) is 232 Å². The predicted octanol–water partition coefficient (Wildman–Crippen LogP) is 10.6. The van der Waals surface area contributed by atoms with Gasteiger partial charge in [-0.3, -0.25) is 9.59 Å². The number of hydrogen-bond donors (Lipinski definition) is 4. The lowest BCUT2D eigenvalue weighted by molar-refractivity contribution is -0.305. The van der Waals surface area contributed by atoms with Gasteiger partial charge in [0.2, 0.25) is 0 Å². The van der Waals surface area contributed by atoms with Crippen LogP contribution in [-0.4, -0.2) is 89.0 Å². The highest BCUT2D eigenvalue weighted by molar-refractivity contribution is 5.70. The van der Waals surface area contributed by atoms with Gasteiger partial charge in [0.1, 0.15) is 31.0 Å². The molecule has 6 atom stereocenters. The highest BCUT2D eigenvalue weighted by Crippen LogP contribution is 2.23. The quantitative estimate of drug-likeness (QED) is 0.0347. The summed E-state index contributed by atoms with van der Waals surface area (Å²) in [6.07, 6.45) is 32.5. The molecule has 10 heteroatoms. The lowest BCUT2D eigenvalue weighted by Gasteiger charge is -2.39. The molecule has 10 nitrogen and oxygen atoms in total. The summed E-state index contributed by atoms with van der Waals surface area (Å²) >= 11 is 0. The third kappa shape index (κ3) is 30.4. The Labute approximate surface area is 348 Å². The number of esters is 2. The maximum atomic E-state index is 12.8. The third-order valence-electron chi connectivity index (χ3n) is 11.5. The van der Waals surface area contributed by atoms with Gasteiger partial charge in [0, 0.05) is 12.8 Å². The second kappa shape index (κ2) is 38.9. The molecule has 2 unspecified atom stereocenters. The van der Waals surface area contributed by atoms with Gasteiger partial charge in [0.25, 0.3) is 0 Å². The molecule has 1 fully saturated rings. The fraction of sp³-hybridized carbons (Fsp3) is 0.957. The first-order valence-corrected chi connectivity index (χ1v) is 24.1. The zero-order chi connectivity index (χ0) is 41.6. The monoisotopic (exact) mass is 815 g/mol. The maximum absolute atomic E-state index is 12.8. The molecule has 0 spiro atoms. The molecule has 0 radical (unpaired) electrons. The summed E-state index contributed by atoms with van der Waals surface area (Å²) in [5.74, 6) is -0.788. The topological polar surface area (TPSA) is 152 Å². The van der Waals surface area contributed by atoms with E-state index in [0.717, 1.165) is 38.5 Å². The Kier molecular flexibility index (Phi) is 36.6. The van der Waals surface area contributed by atoms with Crippen molar-refractivity contribution in [2.75, 3.05) is 19.8 Å². The van der Waals surface area contributed by atoms with E-state index in [1.165, 1.54) is 161 Å². The van der Waals surface area contributed by atoms with E-state index < -0.39 is 49.4 Å². The van der Waals surface area contributed by atoms with E-state index in [-0.39, 0.29) is 32.0 Å². The highest BCUT2D eigenvalue weighted by atomic mass is 16.7. The van der Waals surface area contributed by atoms with Gasteiger partial charge < -0.3 is 39.4 Å². The Hall–Kier alpha value is -1.30. The van der Waals surface area contributed by atoms with Crippen molar-refractivity contribution in [1.82, 2.24) is 0 Å². The molecule has 57 heavy (non-hydrogen) atoms. The van der Waals surface area contributed by atoms with Gasteiger partial charge in [-0.1, -0.05) is 206 Å². The van der Waals surface area contributed by atoms with Gasteiger partial charge in [-0.25, -0.2) is 0 Å². The molecule has 0 aliphatic carbocycles. The van der Waals surface area contributed by atoms with Crippen LogP contribution in [0.15, 0.2) is 0 Å². The zero-order valence-electron chi connectivity index (χ0n) is 36.9. The Bertz CT molecular complexity index is 901. The van der Waals surface area contributed by atoms with E-state index in [4.69, 9.17) is 18.9 Å². The second-order valence-electron chi connectivity index (χ2n) is 16.9. The van der Waals surface area contributed by atoms with Crippen molar-refractivity contribution < 1.29 is 49.0 Å². The van der Waals surface area contributed by atoms with Crippen molar-refractivity contribution in [3.05, 3.63) is 0 Å². The molecule has 0 aromatic heterocycles. The standard InChI is InChI=1S/C47H90O10/c1-3-5-7-9-11-13-15-17-19-21-23-25-27-29-31-33-35-42(49)54-38-40(39-55-47-46(53)45(52)44(51)41(37-48)57-47)56-43(50)36-34-32-30-28-26-24-22-20-18-16-14-12-10-8-6-4-2/h40-41,44-48,51-53H,3-39H2,1-2H3/t40-,41-,44+,45?,46?,47-/m0/s1. The van der Waals surface area contributed by atoms with Crippen LogP contribution in [0.5, 0.6) is 0 Å². The average molecular weight is 815 g/mol. The average Bonchev–Trinajstić information content (AvgIpc) is 3.21. The number of rotatable bonds is 41. The largest absolute Gasteiger partial charge is 0.462 e. The Balaban J connectivity index is 2.28. The molecule has 1 aliphatic rings. The first-order valence-electron chi connectivity index (χ1n) is 24.1. The molecule has 1 aliphatic heterocycles. The molecule has 4 N–H and O–H groups in total. The normalized spacial score (nSPS) is 20.1. The molecular weight excluding hydrogens is 725 g/mol. The fourth-order valence-electron chi connectivity index (χ4n) is 7.66. The van der Waals surface area contributed by atoms with Gasteiger partial charge in [-0.15, -0.1) is 0 Å². The van der Waals surface area contributed by atoms with Crippen LogP contribution in [0.3, 0.4) is 0 Å². The van der Waals surface area contributed by atoms with E-state index >= 15 is 0 Å². The molecule has 1 heterocycles. The number of aliphatic hydroxyl groups excluding tert-OH is 4. The first-order chi connectivity index (χ1) is 27.8. The summed E-state index contributed by atoms with van der Waals surface area (Å²) in [7, 11) is 0. The van der Waals surface area contributed by atoms with Crippen LogP contribution in [0.4, 0.5) is 0 Å². The first kappa shape index (κ1) is 53.7. The van der Waals surface area contributed by atoms with E-state index in [1.807, 2.05) is 0 Å². The number of aliphatic hydroxyl groups is 4. The van der Waals surface area contributed by atoms with Crippen LogP contribution < -0.4 is 0 Å². The van der Waals surface area contributed by atoms with Crippen LogP contribution in [0.25, 0.3) is 0 Å². The molecule has 338 valence electrons. The summed E-state index contributed by atoms with van der Waals surface area (Å²) in [4.78, 5) is 25.4. The number of ether oxygens (including phenoxy) is 4. The van der Waals surface area contributed by atoms with Crippen LogP contribution >= 0.6 is 0 Å². The minimum Gasteiger partial charge on any atom is -0.462 e. The van der Waals surface area contributed by atoms with Crippen molar-refractivity contribution in [3.8, 4) is 0 Å². The molecular formula is C47H90O10. The van der Waals surface area contributed by atoms with E-state index in [2.05, 4.69) is 13.8 Å². The van der Waals surface area contributed by atoms with E-state index in [1.54, 1.807) is 0 Å². The number of carbonyl (C=O) groups excluding carboxylic acids is 2. The second-order valence-corrected chi connectivity index (χ2v) is 16.9. The molecule has 1 saturated heterocycles. The van der Waals surface area contributed by atoms with E-state index in [9.17, 15) is 30.0 Å². The maximum Gasteiger partial charge on any atom is 0.306 e. The van der Waals surface area contributed by atoms with Gasteiger partial charge >= 0.3 is 11.9 Å². The molecule has 0 saturated carbocycles. The smallest absolute Gasteiger partial charge is 0.306 e. The lowest BCUT2D eigenvalue weighted by Crippen LogP contribution is -2.59. The van der Waals surface area contributed by atoms with Crippen molar-refractivity contribution in [3.63, 3.8) is 0 Å². The Morgan fingerprint density at radius 1 is 0.474 bits per heavy atom. The molecule has 1 rings (SSSR count). The minimum absolute atomic E-state index is 0.209. The summed E-state index contributed by atoms with van der Waals surface area (Å²) in [5.41, 5.74) is 0.